The molecular weight excluding hydrogens is 192 g/mol. The lowest BCUT2D eigenvalue weighted by Crippen LogP contribution is -2.49. The van der Waals surface area contributed by atoms with E-state index in [9.17, 15) is 9.59 Å². The number of nitrogens with one attached hydrogen (secondary N) is 1. The summed E-state index contributed by atoms with van der Waals surface area (Å²) in [5, 5.41) is 2.63. The average Bonchev–Trinajstić information content (AvgIpc) is 2.14. The molecule has 0 heterocycles. The van der Waals surface area contributed by atoms with Crippen molar-refractivity contribution in [3.8, 4) is 0 Å². The summed E-state index contributed by atoms with van der Waals surface area (Å²) in [7, 11) is 0. The van der Waals surface area contributed by atoms with Crippen LogP contribution in [0.2, 0.25) is 0 Å². The van der Waals surface area contributed by atoms with Crippen LogP contribution in [0.4, 0.5) is 0 Å². The Kier molecular flexibility index (Phi) is 5.50. The summed E-state index contributed by atoms with van der Waals surface area (Å²) in [5.74, 6) is -0.229. The van der Waals surface area contributed by atoms with E-state index >= 15 is 0 Å². The van der Waals surface area contributed by atoms with E-state index in [0.29, 0.717) is 0 Å². The van der Waals surface area contributed by atoms with Gasteiger partial charge in [0.1, 0.15) is 0 Å². The van der Waals surface area contributed by atoms with Crippen LogP contribution < -0.4 is 11.1 Å². The number of amides is 1. The van der Waals surface area contributed by atoms with Crippen LogP contribution in [0.5, 0.6) is 0 Å². The second kappa shape index (κ2) is 5.85. The van der Waals surface area contributed by atoms with Crippen LogP contribution in [0.1, 0.15) is 34.6 Å². The first kappa shape index (κ1) is 14.1. The number of Topliss-reactive ketones (excluding diaryl/α,β-unsaturated/α-hetero) is 1. The van der Waals surface area contributed by atoms with Crippen LogP contribution in [0.25, 0.3) is 0 Å². The van der Waals surface area contributed by atoms with Crippen molar-refractivity contribution in [2.24, 2.45) is 17.6 Å². The van der Waals surface area contributed by atoms with Crippen molar-refractivity contribution in [1.29, 1.82) is 0 Å². The number of carbonyl (C=O) groups is 2. The second-order valence-electron chi connectivity index (χ2n) is 4.56. The van der Waals surface area contributed by atoms with Crippen LogP contribution in [0, 0.1) is 11.8 Å². The van der Waals surface area contributed by atoms with Gasteiger partial charge in [0.2, 0.25) is 5.91 Å². The first-order valence-electron chi connectivity index (χ1n) is 5.37. The van der Waals surface area contributed by atoms with E-state index in [1.807, 2.05) is 27.7 Å². The molecule has 4 heteroatoms. The molecule has 88 valence electrons. The van der Waals surface area contributed by atoms with E-state index < -0.39 is 12.1 Å². The monoisotopic (exact) mass is 214 g/mol. The Bertz CT molecular complexity index is 237. The lowest BCUT2D eigenvalue weighted by atomic mass is 10.0. The molecule has 0 bridgehead atoms. The molecular formula is C11H22N2O2. The van der Waals surface area contributed by atoms with Crippen LogP contribution in [0.15, 0.2) is 0 Å². The molecule has 0 rings (SSSR count). The molecule has 0 radical (unpaired) electrons. The van der Waals surface area contributed by atoms with E-state index in [2.05, 4.69) is 5.32 Å². The fourth-order valence-corrected chi connectivity index (χ4v) is 1.18. The Labute approximate surface area is 91.6 Å². The molecule has 4 nitrogen and oxygen atoms in total. The van der Waals surface area contributed by atoms with Gasteiger partial charge >= 0.3 is 0 Å². The standard InChI is InChI=1S/C11H22N2O2/c1-6(2)9(12)11(15)13-8(5)10(14)7(3)4/h6-9H,12H2,1-5H3,(H,13,15). The minimum atomic E-state index is -0.549. The van der Waals surface area contributed by atoms with Crippen molar-refractivity contribution in [3.63, 3.8) is 0 Å². The maximum atomic E-state index is 11.5. The molecule has 2 unspecified atom stereocenters. The molecule has 0 aliphatic rings. The molecule has 0 aromatic rings. The molecule has 1 amide bonds. The average molecular weight is 214 g/mol. The third kappa shape index (κ3) is 4.42. The second-order valence-corrected chi connectivity index (χ2v) is 4.56. The van der Waals surface area contributed by atoms with Gasteiger partial charge in [-0.05, 0) is 12.8 Å². The topological polar surface area (TPSA) is 72.2 Å². The maximum Gasteiger partial charge on any atom is 0.237 e. The summed E-state index contributed by atoms with van der Waals surface area (Å²) in [6.45, 7) is 9.06. The number of carbonyl (C=O) groups excluding carboxylic acids is 2. The van der Waals surface area contributed by atoms with Gasteiger partial charge in [0.25, 0.3) is 0 Å². The van der Waals surface area contributed by atoms with Crippen molar-refractivity contribution in [2.75, 3.05) is 0 Å². The van der Waals surface area contributed by atoms with E-state index in [-0.39, 0.29) is 23.5 Å². The number of hydrogen-bond donors (Lipinski definition) is 2. The highest BCUT2D eigenvalue weighted by Gasteiger charge is 2.23. The number of ketones is 1. The zero-order chi connectivity index (χ0) is 12.2. The summed E-state index contributed by atoms with van der Waals surface area (Å²) in [6, 6.07) is -1.00. The third-order valence-electron chi connectivity index (χ3n) is 2.38. The quantitative estimate of drug-likeness (QED) is 0.707. The van der Waals surface area contributed by atoms with E-state index in [4.69, 9.17) is 5.73 Å². The lowest BCUT2D eigenvalue weighted by Gasteiger charge is -2.19. The molecule has 0 aromatic heterocycles. The first-order valence-corrected chi connectivity index (χ1v) is 5.37. The number of hydrogen-bond acceptors (Lipinski definition) is 3. The molecule has 0 spiro atoms. The van der Waals surface area contributed by atoms with Gasteiger partial charge < -0.3 is 11.1 Å². The zero-order valence-electron chi connectivity index (χ0n) is 10.2. The van der Waals surface area contributed by atoms with Crippen molar-refractivity contribution in [1.82, 2.24) is 5.32 Å². The zero-order valence-corrected chi connectivity index (χ0v) is 10.2. The molecule has 2 atom stereocenters. The highest BCUT2D eigenvalue weighted by atomic mass is 16.2. The fraction of sp³-hybridized carbons (Fsp3) is 0.818. The molecule has 0 aromatic carbocycles. The highest BCUT2D eigenvalue weighted by Crippen LogP contribution is 2.02. The maximum absolute atomic E-state index is 11.5. The molecule has 15 heavy (non-hydrogen) atoms. The normalized spacial score (nSPS) is 15.2. The highest BCUT2D eigenvalue weighted by molar-refractivity contribution is 5.91. The van der Waals surface area contributed by atoms with Crippen LogP contribution in [0.3, 0.4) is 0 Å². The van der Waals surface area contributed by atoms with Crippen molar-refractivity contribution >= 4 is 11.7 Å². The predicted molar refractivity (Wildman–Crippen MR) is 60.3 cm³/mol. The Morgan fingerprint density at radius 3 is 1.87 bits per heavy atom. The summed E-state index contributed by atoms with van der Waals surface area (Å²) in [6.07, 6.45) is 0. The van der Waals surface area contributed by atoms with Gasteiger partial charge in [-0.15, -0.1) is 0 Å². The van der Waals surface area contributed by atoms with Gasteiger partial charge in [-0.2, -0.15) is 0 Å². The van der Waals surface area contributed by atoms with Crippen LogP contribution in [-0.2, 0) is 9.59 Å². The summed E-state index contributed by atoms with van der Waals surface area (Å²) in [4.78, 5) is 23.0. The predicted octanol–water partition coefficient (Wildman–Crippen LogP) is 0.700. The largest absolute Gasteiger partial charge is 0.345 e. The lowest BCUT2D eigenvalue weighted by molar-refractivity contribution is -0.130. The van der Waals surface area contributed by atoms with Crippen molar-refractivity contribution in [2.45, 2.75) is 46.7 Å². The summed E-state index contributed by atoms with van der Waals surface area (Å²) >= 11 is 0. The van der Waals surface area contributed by atoms with Gasteiger partial charge in [-0.3, -0.25) is 9.59 Å². The smallest absolute Gasteiger partial charge is 0.237 e. The summed E-state index contributed by atoms with van der Waals surface area (Å²) < 4.78 is 0. The van der Waals surface area contributed by atoms with Gasteiger partial charge in [-0.1, -0.05) is 27.7 Å². The molecule has 0 fully saturated rings. The van der Waals surface area contributed by atoms with Gasteiger partial charge in [0, 0.05) is 5.92 Å². The summed E-state index contributed by atoms with van der Waals surface area (Å²) in [5.41, 5.74) is 5.66. The Balaban J connectivity index is 4.24. The van der Waals surface area contributed by atoms with Gasteiger partial charge in [0.15, 0.2) is 5.78 Å². The number of rotatable bonds is 5. The minimum Gasteiger partial charge on any atom is -0.345 e. The van der Waals surface area contributed by atoms with Crippen molar-refractivity contribution in [3.05, 3.63) is 0 Å². The number of nitrogens with two attached hydrogens (primary N) is 1. The van der Waals surface area contributed by atoms with Gasteiger partial charge in [-0.25, -0.2) is 0 Å². The van der Waals surface area contributed by atoms with Crippen molar-refractivity contribution < 1.29 is 9.59 Å². The SMILES string of the molecule is CC(C)C(=O)C(C)NC(=O)C(N)C(C)C. The molecule has 0 aliphatic heterocycles. The van der Waals surface area contributed by atoms with Gasteiger partial charge in [0.05, 0.1) is 12.1 Å². The van der Waals surface area contributed by atoms with E-state index in [1.54, 1.807) is 6.92 Å². The Morgan fingerprint density at radius 2 is 1.53 bits per heavy atom. The molecule has 0 saturated heterocycles. The Hall–Kier alpha value is -0.900. The van der Waals surface area contributed by atoms with E-state index in [0.717, 1.165) is 0 Å². The third-order valence-corrected chi connectivity index (χ3v) is 2.38. The van der Waals surface area contributed by atoms with E-state index in [1.165, 1.54) is 0 Å². The molecule has 0 saturated carbocycles. The Morgan fingerprint density at radius 1 is 1.07 bits per heavy atom. The fourth-order valence-electron chi connectivity index (χ4n) is 1.18. The van der Waals surface area contributed by atoms with Crippen LogP contribution in [-0.4, -0.2) is 23.8 Å². The van der Waals surface area contributed by atoms with Crippen LogP contribution >= 0.6 is 0 Å². The minimum absolute atomic E-state index is 0.0271. The molecule has 0 aliphatic carbocycles. The molecule has 3 N–H and O–H groups in total. The first-order chi connectivity index (χ1) is 6.77.